The topological polar surface area (TPSA) is 49.4 Å². The maximum atomic E-state index is 12.1. The Hall–Kier alpha value is -1.15. The van der Waals surface area contributed by atoms with Gasteiger partial charge in [0.2, 0.25) is 11.8 Å². The van der Waals surface area contributed by atoms with Crippen molar-refractivity contribution in [1.82, 2.24) is 10.2 Å². The molecule has 1 N–H and O–H groups in total. The predicted molar refractivity (Wildman–Crippen MR) is 69.6 cm³/mol. The highest BCUT2D eigenvalue weighted by atomic mass is 32.2. The average molecular weight is 254 g/mol. The first kappa shape index (κ1) is 13.9. The van der Waals surface area contributed by atoms with Crippen LogP contribution in [0.1, 0.15) is 20.8 Å². The third-order valence-electron chi connectivity index (χ3n) is 2.74. The van der Waals surface area contributed by atoms with Crippen LogP contribution in [-0.2, 0) is 9.59 Å². The van der Waals surface area contributed by atoms with Crippen LogP contribution in [0.3, 0.4) is 0 Å². The molecule has 0 aliphatic carbocycles. The van der Waals surface area contributed by atoms with Gasteiger partial charge in [-0.05, 0) is 20.8 Å². The molecule has 1 rings (SSSR count). The number of carbonyl (C=O) groups excluding carboxylic acids is 2. The molecule has 4 nitrogen and oxygen atoms in total. The maximum absolute atomic E-state index is 12.1. The number of nitrogens with zero attached hydrogens (tertiary/aromatic N) is 1. The highest BCUT2D eigenvalue weighted by molar-refractivity contribution is 7.99. The van der Waals surface area contributed by atoms with Gasteiger partial charge in [-0.25, -0.2) is 0 Å². The van der Waals surface area contributed by atoms with Gasteiger partial charge < -0.3 is 10.2 Å². The minimum atomic E-state index is -0.805. The van der Waals surface area contributed by atoms with Crippen molar-refractivity contribution in [3.05, 3.63) is 0 Å². The van der Waals surface area contributed by atoms with E-state index in [4.69, 9.17) is 6.42 Å². The molecule has 5 heteroatoms. The number of thioether (sulfide) groups is 1. The van der Waals surface area contributed by atoms with Crippen molar-refractivity contribution in [2.75, 3.05) is 18.1 Å². The highest BCUT2D eigenvalue weighted by Crippen LogP contribution is 2.18. The van der Waals surface area contributed by atoms with Crippen LogP contribution >= 0.6 is 11.8 Å². The third kappa shape index (κ3) is 3.16. The van der Waals surface area contributed by atoms with Crippen LogP contribution in [0.15, 0.2) is 0 Å². The lowest BCUT2D eigenvalue weighted by Gasteiger charge is -2.41. The SMILES string of the molecule is C#CCSCCN1C(=O)C(C)(C)NC(=O)C1C. The second-order valence-electron chi connectivity index (χ2n) is 4.55. The van der Waals surface area contributed by atoms with Crippen molar-refractivity contribution in [1.29, 1.82) is 0 Å². The molecule has 1 aliphatic heterocycles. The summed E-state index contributed by atoms with van der Waals surface area (Å²) in [4.78, 5) is 25.5. The molecule has 0 saturated carbocycles. The number of hydrogen-bond acceptors (Lipinski definition) is 3. The van der Waals surface area contributed by atoms with Gasteiger partial charge in [0.1, 0.15) is 11.6 Å². The zero-order chi connectivity index (χ0) is 13.1. The molecule has 0 radical (unpaired) electrons. The van der Waals surface area contributed by atoms with E-state index in [1.807, 2.05) is 0 Å². The Bertz CT molecular complexity index is 360. The molecule has 1 atom stereocenters. The molecule has 0 aromatic heterocycles. The molecule has 0 spiro atoms. The summed E-state index contributed by atoms with van der Waals surface area (Å²) in [6.07, 6.45) is 5.15. The van der Waals surface area contributed by atoms with E-state index in [1.165, 1.54) is 0 Å². The number of carbonyl (C=O) groups is 2. The minimum absolute atomic E-state index is 0.0362. The molecule has 1 aliphatic rings. The quantitative estimate of drug-likeness (QED) is 0.586. The zero-order valence-electron chi connectivity index (χ0n) is 10.4. The van der Waals surface area contributed by atoms with Crippen LogP contribution < -0.4 is 5.32 Å². The summed E-state index contributed by atoms with van der Waals surface area (Å²) in [5.41, 5.74) is -0.805. The molecule has 2 amide bonds. The van der Waals surface area contributed by atoms with Crippen LogP contribution in [-0.4, -0.2) is 46.3 Å². The zero-order valence-corrected chi connectivity index (χ0v) is 11.3. The van der Waals surface area contributed by atoms with E-state index < -0.39 is 11.6 Å². The minimum Gasteiger partial charge on any atom is -0.340 e. The fraction of sp³-hybridized carbons (Fsp3) is 0.667. The summed E-state index contributed by atoms with van der Waals surface area (Å²) >= 11 is 1.59. The largest absolute Gasteiger partial charge is 0.340 e. The second-order valence-corrected chi connectivity index (χ2v) is 5.65. The molecule has 0 bridgehead atoms. The molecular weight excluding hydrogens is 236 g/mol. The monoisotopic (exact) mass is 254 g/mol. The molecular formula is C12H18N2O2S. The van der Waals surface area contributed by atoms with E-state index in [1.54, 1.807) is 37.4 Å². The van der Waals surface area contributed by atoms with E-state index in [2.05, 4.69) is 11.2 Å². The summed E-state index contributed by atoms with van der Waals surface area (Å²) < 4.78 is 0. The number of terminal acetylenes is 1. The number of hydrogen-bond donors (Lipinski definition) is 1. The lowest BCUT2D eigenvalue weighted by atomic mass is 9.97. The molecule has 1 heterocycles. The van der Waals surface area contributed by atoms with Crippen molar-refractivity contribution < 1.29 is 9.59 Å². The van der Waals surface area contributed by atoms with Gasteiger partial charge in [-0.2, -0.15) is 0 Å². The fourth-order valence-electron chi connectivity index (χ4n) is 1.73. The van der Waals surface area contributed by atoms with Gasteiger partial charge in [0, 0.05) is 12.3 Å². The second kappa shape index (κ2) is 5.46. The third-order valence-corrected chi connectivity index (χ3v) is 3.58. The van der Waals surface area contributed by atoms with Crippen LogP contribution in [0.5, 0.6) is 0 Å². The first-order chi connectivity index (χ1) is 7.90. The van der Waals surface area contributed by atoms with E-state index in [-0.39, 0.29) is 11.8 Å². The summed E-state index contributed by atoms with van der Waals surface area (Å²) in [5.74, 6) is 3.78. The Balaban J connectivity index is 2.64. The lowest BCUT2D eigenvalue weighted by Crippen LogP contribution is -2.67. The Kier molecular flexibility index (Phi) is 4.47. The van der Waals surface area contributed by atoms with Crippen LogP contribution in [0, 0.1) is 12.3 Å². The number of amides is 2. The van der Waals surface area contributed by atoms with Crippen molar-refractivity contribution in [2.24, 2.45) is 0 Å². The first-order valence-electron chi connectivity index (χ1n) is 5.54. The molecule has 1 fully saturated rings. The lowest BCUT2D eigenvalue weighted by molar-refractivity contribution is -0.152. The van der Waals surface area contributed by atoms with E-state index in [0.29, 0.717) is 12.3 Å². The number of piperazine rings is 1. The molecule has 1 saturated heterocycles. The van der Waals surface area contributed by atoms with E-state index >= 15 is 0 Å². The predicted octanol–water partition coefficient (Wildman–Crippen LogP) is 0.478. The van der Waals surface area contributed by atoms with Crippen LogP contribution in [0.4, 0.5) is 0 Å². The summed E-state index contributed by atoms with van der Waals surface area (Å²) in [5, 5.41) is 2.72. The number of rotatable bonds is 4. The van der Waals surface area contributed by atoms with Crippen molar-refractivity contribution in [3.8, 4) is 12.3 Å². The molecule has 0 aromatic carbocycles. The highest BCUT2D eigenvalue weighted by Gasteiger charge is 2.42. The Morgan fingerprint density at radius 3 is 2.76 bits per heavy atom. The first-order valence-corrected chi connectivity index (χ1v) is 6.70. The van der Waals surface area contributed by atoms with Gasteiger partial charge in [-0.3, -0.25) is 9.59 Å². The summed E-state index contributed by atoms with van der Waals surface area (Å²) in [6.45, 7) is 5.75. The Morgan fingerprint density at radius 1 is 1.53 bits per heavy atom. The van der Waals surface area contributed by atoms with Gasteiger partial charge in [0.05, 0.1) is 5.75 Å². The van der Waals surface area contributed by atoms with Gasteiger partial charge in [-0.15, -0.1) is 18.2 Å². The van der Waals surface area contributed by atoms with Gasteiger partial charge in [0.25, 0.3) is 0 Å². The van der Waals surface area contributed by atoms with Crippen LogP contribution in [0.25, 0.3) is 0 Å². The fourth-order valence-corrected chi connectivity index (χ4v) is 2.32. The molecule has 1 unspecified atom stereocenters. The Morgan fingerprint density at radius 2 is 2.18 bits per heavy atom. The van der Waals surface area contributed by atoms with E-state index in [0.717, 1.165) is 5.75 Å². The summed E-state index contributed by atoms with van der Waals surface area (Å²) in [6, 6.07) is -0.401. The molecule has 17 heavy (non-hydrogen) atoms. The van der Waals surface area contributed by atoms with Crippen molar-refractivity contribution in [2.45, 2.75) is 32.4 Å². The summed E-state index contributed by atoms with van der Waals surface area (Å²) in [7, 11) is 0. The normalized spacial score (nSPS) is 23.2. The smallest absolute Gasteiger partial charge is 0.248 e. The Labute approximate surface area is 107 Å². The van der Waals surface area contributed by atoms with Crippen LogP contribution in [0.2, 0.25) is 0 Å². The van der Waals surface area contributed by atoms with Gasteiger partial charge >= 0.3 is 0 Å². The van der Waals surface area contributed by atoms with Gasteiger partial charge in [0.15, 0.2) is 0 Å². The van der Waals surface area contributed by atoms with Crippen molar-refractivity contribution in [3.63, 3.8) is 0 Å². The van der Waals surface area contributed by atoms with Crippen molar-refractivity contribution >= 4 is 23.6 Å². The maximum Gasteiger partial charge on any atom is 0.248 e. The number of nitrogens with one attached hydrogen (secondary N) is 1. The standard InChI is InChI=1S/C12H18N2O2S/c1-5-7-17-8-6-14-9(2)10(15)13-12(3,4)11(14)16/h1,9H,6-8H2,2-4H3,(H,13,15). The molecule has 0 aromatic rings. The average Bonchev–Trinajstić information content (AvgIpc) is 2.25. The molecule has 94 valence electrons. The van der Waals surface area contributed by atoms with Gasteiger partial charge in [-0.1, -0.05) is 5.92 Å². The van der Waals surface area contributed by atoms with E-state index in [9.17, 15) is 9.59 Å².